The minimum atomic E-state index is -0.500. The van der Waals surface area contributed by atoms with Gasteiger partial charge in [-0.2, -0.15) is 0 Å². The van der Waals surface area contributed by atoms with Crippen LogP contribution in [0.25, 0.3) is 0 Å². The van der Waals surface area contributed by atoms with Gasteiger partial charge >= 0.3 is 5.97 Å². The van der Waals surface area contributed by atoms with Crippen LogP contribution in [0.2, 0.25) is 0 Å². The number of hydrogen-bond acceptors (Lipinski definition) is 3. The van der Waals surface area contributed by atoms with Gasteiger partial charge in [0.25, 0.3) is 0 Å². The molecule has 1 aromatic rings. The third kappa shape index (κ3) is 4.93. The highest BCUT2D eigenvalue weighted by atomic mass is 127. The molecule has 0 N–H and O–H groups in total. The van der Waals surface area contributed by atoms with Gasteiger partial charge in [0.1, 0.15) is 5.75 Å². The molecule has 3 nitrogen and oxygen atoms in total. The lowest BCUT2D eigenvalue weighted by molar-refractivity contribution is -0.151. The Morgan fingerprint density at radius 2 is 1.94 bits per heavy atom. The second kappa shape index (κ2) is 7.53. The second-order valence-electron chi connectivity index (χ2n) is 3.60. The number of halogens is 1. The molecule has 0 aliphatic carbocycles. The average molecular weight is 348 g/mol. The van der Waals surface area contributed by atoms with Gasteiger partial charge in [-0.05, 0) is 60.2 Å². The lowest BCUT2D eigenvalue weighted by Crippen LogP contribution is -2.29. The lowest BCUT2D eigenvalue weighted by atomic mass is 10.2. The molecule has 0 aliphatic heterocycles. The molecule has 0 aromatic heterocycles. The zero-order valence-electron chi connectivity index (χ0n) is 10.1. The first-order valence-electron chi connectivity index (χ1n) is 5.76. The predicted octanol–water partition coefficient (Wildman–Crippen LogP) is 3.40. The predicted molar refractivity (Wildman–Crippen MR) is 75.1 cm³/mol. The molecule has 0 fully saturated rings. The first-order chi connectivity index (χ1) is 8.17. The largest absolute Gasteiger partial charge is 0.479 e. The fraction of sp³-hybridized carbons (Fsp3) is 0.462. The summed E-state index contributed by atoms with van der Waals surface area (Å²) in [5.41, 5.74) is 0. The van der Waals surface area contributed by atoms with E-state index in [2.05, 4.69) is 22.6 Å². The van der Waals surface area contributed by atoms with Crippen molar-refractivity contribution in [2.24, 2.45) is 0 Å². The topological polar surface area (TPSA) is 35.5 Å². The van der Waals surface area contributed by atoms with E-state index in [9.17, 15) is 4.79 Å². The normalized spacial score (nSPS) is 11.9. The highest BCUT2D eigenvalue weighted by Crippen LogP contribution is 2.17. The van der Waals surface area contributed by atoms with E-state index in [0.29, 0.717) is 18.8 Å². The van der Waals surface area contributed by atoms with Crippen molar-refractivity contribution in [1.29, 1.82) is 0 Å². The molecule has 1 aromatic carbocycles. The van der Waals surface area contributed by atoms with Crippen LogP contribution in [0.15, 0.2) is 24.3 Å². The fourth-order valence-corrected chi connectivity index (χ4v) is 1.76. The summed E-state index contributed by atoms with van der Waals surface area (Å²) in [6.07, 6.45) is 1.05. The summed E-state index contributed by atoms with van der Waals surface area (Å²) in [7, 11) is 0. The summed E-state index contributed by atoms with van der Waals surface area (Å²) in [6, 6.07) is 7.63. The summed E-state index contributed by atoms with van der Waals surface area (Å²) in [5.74, 6) is 0.421. The van der Waals surface area contributed by atoms with E-state index in [1.54, 1.807) is 6.92 Å². The summed E-state index contributed by atoms with van der Waals surface area (Å²) < 4.78 is 11.8. The Morgan fingerprint density at radius 1 is 1.29 bits per heavy atom. The van der Waals surface area contributed by atoms with Crippen molar-refractivity contribution in [1.82, 2.24) is 0 Å². The number of esters is 1. The number of carbonyl (C=O) groups is 1. The molecule has 1 atom stereocenters. The summed E-state index contributed by atoms with van der Waals surface area (Å²) in [6.45, 7) is 4.20. The van der Waals surface area contributed by atoms with Crippen LogP contribution < -0.4 is 4.74 Å². The van der Waals surface area contributed by atoms with Crippen molar-refractivity contribution >= 4 is 28.6 Å². The van der Waals surface area contributed by atoms with Crippen molar-refractivity contribution in [3.8, 4) is 5.75 Å². The molecular weight excluding hydrogens is 331 g/mol. The van der Waals surface area contributed by atoms with Crippen molar-refractivity contribution in [2.45, 2.75) is 32.8 Å². The Kier molecular flexibility index (Phi) is 6.32. The maximum atomic E-state index is 11.7. The van der Waals surface area contributed by atoms with Crippen molar-refractivity contribution in [2.75, 3.05) is 6.61 Å². The summed E-state index contributed by atoms with van der Waals surface area (Å²) in [4.78, 5) is 11.7. The lowest BCUT2D eigenvalue weighted by Gasteiger charge is -2.16. The van der Waals surface area contributed by atoms with Crippen LogP contribution >= 0.6 is 22.6 Å². The van der Waals surface area contributed by atoms with Gasteiger partial charge in [0.2, 0.25) is 0 Å². The van der Waals surface area contributed by atoms with Crippen LogP contribution in [0, 0.1) is 3.57 Å². The van der Waals surface area contributed by atoms with E-state index in [1.807, 2.05) is 31.2 Å². The number of ether oxygens (including phenoxy) is 2. The van der Waals surface area contributed by atoms with Gasteiger partial charge in [-0.15, -0.1) is 0 Å². The van der Waals surface area contributed by atoms with E-state index in [-0.39, 0.29) is 5.97 Å². The molecule has 0 saturated heterocycles. The van der Waals surface area contributed by atoms with Crippen molar-refractivity contribution in [3.63, 3.8) is 0 Å². The highest BCUT2D eigenvalue weighted by Gasteiger charge is 2.20. The van der Waals surface area contributed by atoms with Crippen molar-refractivity contribution in [3.05, 3.63) is 27.8 Å². The van der Waals surface area contributed by atoms with E-state index >= 15 is 0 Å². The van der Waals surface area contributed by atoms with Crippen LogP contribution in [0.3, 0.4) is 0 Å². The summed E-state index contributed by atoms with van der Waals surface area (Å²) in [5, 5.41) is 0. The zero-order chi connectivity index (χ0) is 12.7. The van der Waals surface area contributed by atoms with E-state index in [0.717, 1.165) is 9.99 Å². The van der Waals surface area contributed by atoms with E-state index < -0.39 is 6.10 Å². The third-order valence-electron chi connectivity index (χ3n) is 2.19. The Labute approximate surface area is 116 Å². The Bertz CT molecular complexity index is 348. The molecule has 17 heavy (non-hydrogen) atoms. The second-order valence-corrected chi connectivity index (χ2v) is 4.85. The fourth-order valence-electron chi connectivity index (χ4n) is 1.40. The SMILES string of the molecule is CCCC(Oc1ccc(I)cc1)C(=O)OCC. The maximum absolute atomic E-state index is 11.7. The van der Waals surface area contributed by atoms with Gasteiger partial charge in [-0.25, -0.2) is 4.79 Å². The van der Waals surface area contributed by atoms with Gasteiger partial charge < -0.3 is 9.47 Å². The minimum Gasteiger partial charge on any atom is -0.479 e. The number of benzene rings is 1. The molecular formula is C13H17IO3. The smallest absolute Gasteiger partial charge is 0.347 e. The van der Waals surface area contributed by atoms with Crippen LogP contribution in [0.1, 0.15) is 26.7 Å². The Balaban J connectivity index is 2.65. The Hall–Kier alpha value is -0.780. The van der Waals surface area contributed by atoms with Crippen LogP contribution in [-0.4, -0.2) is 18.7 Å². The molecule has 0 bridgehead atoms. The number of hydrogen-bond donors (Lipinski definition) is 0. The van der Waals surface area contributed by atoms with Crippen LogP contribution in [0.4, 0.5) is 0 Å². The Morgan fingerprint density at radius 3 is 2.47 bits per heavy atom. The van der Waals surface area contributed by atoms with Gasteiger partial charge in [-0.1, -0.05) is 13.3 Å². The number of carbonyl (C=O) groups excluding carboxylic acids is 1. The molecule has 0 heterocycles. The molecule has 94 valence electrons. The molecule has 1 rings (SSSR count). The van der Waals surface area contributed by atoms with Crippen LogP contribution in [-0.2, 0) is 9.53 Å². The minimum absolute atomic E-state index is 0.284. The molecule has 0 saturated carbocycles. The average Bonchev–Trinajstić information content (AvgIpc) is 2.31. The highest BCUT2D eigenvalue weighted by molar-refractivity contribution is 14.1. The molecule has 0 radical (unpaired) electrons. The van der Waals surface area contributed by atoms with E-state index in [1.165, 1.54) is 0 Å². The third-order valence-corrected chi connectivity index (χ3v) is 2.91. The quantitative estimate of drug-likeness (QED) is 0.584. The maximum Gasteiger partial charge on any atom is 0.347 e. The molecule has 4 heteroatoms. The van der Waals surface area contributed by atoms with Gasteiger partial charge in [0.15, 0.2) is 6.10 Å². The van der Waals surface area contributed by atoms with Crippen LogP contribution in [0.5, 0.6) is 5.75 Å². The number of rotatable bonds is 6. The molecule has 0 spiro atoms. The first kappa shape index (κ1) is 14.3. The van der Waals surface area contributed by atoms with Crippen molar-refractivity contribution < 1.29 is 14.3 Å². The first-order valence-corrected chi connectivity index (χ1v) is 6.84. The zero-order valence-corrected chi connectivity index (χ0v) is 12.3. The standard InChI is InChI=1S/C13H17IO3/c1-3-5-12(13(15)16-4-2)17-11-8-6-10(14)7-9-11/h6-9,12H,3-5H2,1-2H3. The molecule has 0 amide bonds. The van der Waals surface area contributed by atoms with Gasteiger partial charge in [-0.3, -0.25) is 0 Å². The van der Waals surface area contributed by atoms with Gasteiger partial charge in [0, 0.05) is 3.57 Å². The monoisotopic (exact) mass is 348 g/mol. The molecule has 0 aliphatic rings. The molecule has 1 unspecified atom stereocenters. The van der Waals surface area contributed by atoms with Gasteiger partial charge in [0.05, 0.1) is 6.61 Å². The summed E-state index contributed by atoms with van der Waals surface area (Å²) >= 11 is 2.23. The van der Waals surface area contributed by atoms with E-state index in [4.69, 9.17) is 9.47 Å².